The summed E-state index contributed by atoms with van der Waals surface area (Å²) in [6, 6.07) is 13.1. The van der Waals surface area contributed by atoms with Crippen LogP contribution in [0.3, 0.4) is 0 Å². The Balaban J connectivity index is 1.77. The summed E-state index contributed by atoms with van der Waals surface area (Å²) < 4.78 is 66.0. The van der Waals surface area contributed by atoms with Crippen LogP contribution in [0.1, 0.15) is 22.7 Å². The molecule has 1 aliphatic rings. The maximum atomic E-state index is 12.6. The van der Waals surface area contributed by atoms with E-state index in [0.29, 0.717) is 5.56 Å². The van der Waals surface area contributed by atoms with Crippen molar-refractivity contribution in [3.8, 4) is 0 Å². The summed E-state index contributed by atoms with van der Waals surface area (Å²) in [5, 5.41) is 0. The first kappa shape index (κ1) is 16.9. The number of nitrogens with one attached hydrogen (secondary N) is 1. The molecule has 0 saturated carbocycles. The molecule has 1 aliphatic heterocycles. The zero-order valence-corrected chi connectivity index (χ0v) is 13.3. The number of hydrogen-bond acceptors (Lipinski definition) is 2. The number of halogens is 3. The molecule has 2 aromatic carbocycles. The molecule has 1 saturated heterocycles. The molecule has 1 heterocycles. The minimum atomic E-state index is -4.41. The van der Waals surface area contributed by atoms with Gasteiger partial charge in [-0.15, -0.1) is 0 Å². The minimum Gasteiger partial charge on any atom is -0.195 e. The molecular formula is C16H15F3N2O2S. The van der Waals surface area contributed by atoms with Gasteiger partial charge in [0.15, 0.2) is 0 Å². The SMILES string of the molecule is O=S1(=O)N[C@H](c2ccc(C(F)(F)F)cc2)CN1Cc1ccccc1. The lowest BCUT2D eigenvalue weighted by Gasteiger charge is -2.13. The molecule has 0 bridgehead atoms. The van der Waals surface area contributed by atoms with Gasteiger partial charge < -0.3 is 0 Å². The summed E-state index contributed by atoms with van der Waals surface area (Å²) in [6.07, 6.45) is -4.41. The van der Waals surface area contributed by atoms with Gasteiger partial charge in [-0.25, -0.2) is 0 Å². The lowest BCUT2D eigenvalue weighted by atomic mass is 10.1. The van der Waals surface area contributed by atoms with Crippen molar-refractivity contribution < 1.29 is 21.6 Å². The molecule has 8 heteroatoms. The average Bonchev–Trinajstić information content (AvgIpc) is 2.83. The van der Waals surface area contributed by atoms with Crippen molar-refractivity contribution in [3.63, 3.8) is 0 Å². The van der Waals surface area contributed by atoms with Gasteiger partial charge in [0, 0.05) is 13.1 Å². The molecule has 1 atom stereocenters. The number of rotatable bonds is 3. The Labute approximate surface area is 138 Å². The van der Waals surface area contributed by atoms with Gasteiger partial charge in [-0.1, -0.05) is 42.5 Å². The van der Waals surface area contributed by atoms with Crippen LogP contribution in [-0.2, 0) is 22.9 Å². The minimum absolute atomic E-state index is 0.169. The summed E-state index contributed by atoms with van der Waals surface area (Å²) in [5.74, 6) is 0. The first-order valence-electron chi connectivity index (χ1n) is 7.24. The van der Waals surface area contributed by atoms with Crippen molar-refractivity contribution in [1.82, 2.24) is 9.03 Å². The predicted molar refractivity (Wildman–Crippen MR) is 83.1 cm³/mol. The van der Waals surface area contributed by atoms with E-state index < -0.39 is 28.0 Å². The molecule has 0 radical (unpaired) electrons. The van der Waals surface area contributed by atoms with Gasteiger partial charge in [0.1, 0.15) is 0 Å². The molecular weight excluding hydrogens is 341 g/mol. The second-order valence-electron chi connectivity index (χ2n) is 5.57. The largest absolute Gasteiger partial charge is 0.416 e. The maximum absolute atomic E-state index is 12.6. The van der Waals surface area contributed by atoms with E-state index in [1.165, 1.54) is 16.4 Å². The lowest BCUT2D eigenvalue weighted by Crippen LogP contribution is -2.29. The highest BCUT2D eigenvalue weighted by Gasteiger charge is 2.36. The van der Waals surface area contributed by atoms with Crippen molar-refractivity contribution in [2.24, 2.45) is 0 Å². The van der Waals surface area contributed by atoms with E-state index in [9.17, 15) is 21.6 Å². The molecule has 0 aromatic heterocycles. The van der Waals surface area contributed by atoms with Crippen LogP contribution < -0.4 is 4.72 Å². The number of nitrogens with zero attached hydrogens (tertiary/aromatic N) is 1. The zero-order chi connectivity index (χ0) is 17.4. The molecule has 24 heavy (non-hydrogen) atoms. The van der Waals surface area contributed by atoms with Crippen molar-refractivity contribution >= 4 is 10.2 Å². The standard InChI is InChI=1S/C16H15F3N2O2S/c17-16(18,19)14-8-6-13(7-9-14)15-11-21(24(22,23)20-15)10-12-4-2-1-3-5-12/h1-9,15,20H,10-11H2/t15-/m0/s1. The Kier molecular flexibility index (Phi) is 4.37. The van der Waals surface area contributed by atoms with Crippen molar-refractivity contribution in [2.45, 2.75) is 18.8 Å². The van der Waals surface area contributed by atoms with Crippen LogP contribution in [0, 0.1) is 0 Å². The van der Waals surface area contributed by atoms with Crippen molar-refractivity contribution in [1.29, 1.82) is 0 Å². The normalized spacial score (nSPS) is 21.0. The Bertz CT molecular complexity index is 805. The van der Waals surface area contributed by atoms with Crippen LogP contribution in [0.2, 0.25) is 0 Å². The van der Waals surface area contributed by atoms with E-state index in [0.717, 1.165) is 17.7 Å². The Morgan fingerprint density at radius 3 is 2.25 bits per heavy atom. The zero-order valence-electron chi connectivity index (χ0n) is 12.5. The van der Waals surface area contributed by atoms with Crippen LogP contribution in [0.5, 0.6) is 0 Å². The smallest absolute Gasteiger partial charge is 0.195 e. The van der Waals surface area contributed by atoms with Gasteiger partial charge in [-0.2, -0.15) is 30.6 Å². The van der Waals surface area contributed by atoms with Gasteiger partial charge in [0.2, 0.25) is 0 Å². The van der Waals surface area contributed by atoms with Crippen LogP contribution >= 0.6 is 0 Å². The second-order valence-corrected chi connectivity index (χ2v) is 7.28. The van der Waals surface area contributed by atoms with E-state index in [-0.39, 0.29) is 13.1 Å². The lowest BCUT2D eigenvalue weighted by molar-refractivity contribution is -0.137. The monoisotopic (exact) mass is 356 g/mol. The van der Waals surface area contributed by atoms with E-state index in [1.54, 1.807) is 0 Å². The number of hydrogen-bond donors (Lipinski definition) is 1. The topological polar surface area (TPSA) is 49.4 Å². The van der Waals surface area contributed by atoms with Gasteiger partial charge in [-0.05, 0) is 23.3 Å². The third-order valence-electron chi connectivity index (χ3n) is 3.86. The van der Waals surface area contributed by atoms with Gasteiger partial charge >= 0.3 is 6.18 Å². The van der Waals surface area contributed by atoms with E-state index in [2.05, 4.69) is 4.72 Å². The molecule has 2 aromatic rings. The highest BCUT2D eigenvalue weighted by molar-refractivity contribution is 7.87. The molecule has 1 fully saturated rings. The fraction of sp³-hybridized carbons (Fsp3) is 0.250. The average molecular weight is 356 g/mol. The van der Waals surface area contributed by atoms with Crippen LogP contribution in [0.25, 0.3) is 0 Å². The molecule has 0 amide bonds. The Morgan fingerprint density at radius 2 is 1.67 bits per heavy atom. The summed E-state index contributed by atoms with van der Waals surface area (Å²) in [7, 11) is -3.66. The fourth-order valence-corrected chi connectivity index (χ4v) is 3.99. The van der Waals surface area contributed by atoms with Gasteiger partial charge in [-0.3, -0.25) is 0 Å². The Hall–Kier alpha value is -1.90. The Morgan fingerprint density at radius 1 is 1.04 bits per heavy atom. The molecule has 128 valence electrons. The third-order valence-corrected chi connectivity index (χ3v) is 5.40. The summed E-state index contributed by atoms with van der Waals surface area (Å²) in [6.45, 7) is 0.385. The van der Waals surface area contributed by atoms with Crippen molar-refractivity contribution in [2.75, 3.05) is 6.54 Å². The number of alkyl halides is 3. The summed E-state index contributed by atoms with van der Waals surface area (Å²) >= 11 is 0. The van der Waals surface area contributed by atoms with E-state index in [4.69, 9.17) is 0 Å². The first-order valence-corrected chi connectivity index (χ1v) is 8.68. The highest BCUT2D eigenvalue weighted by Crippen LogP contribution is 2.31. The molecule has 0 unspecified atom stereocenters. The molecule has 3 rings (SSSR count). The van der Waals surface area contributed by atoms with E-state index >= 15 is 0 Å². The highest BCUT2D eigenvalue weighted by atomic mass is 32.2. The van der Waals surface area contributed by atoms with Crippen molar-refractivity contribution in [3.05, 3.63) is 71.3 Å². The first-order chi connectivity index (χ1) is 11.3. The quantitative estimate of drug-likeness (QED) is 0.919. The van der Waals surface area contributed by atoms with Crippen LogP contribution in [-0.4, -0.2) is 19.3 Å². The molecule has 0 aliphatic carbocycles. The second kappa shape index (κ2) is 6.19. The van der Waals surface area contributed by atoms with Crippen LogP contribution in [0.15, 0.2) is 54.6 Å². The summed E-state index contributed by atoms with van der Waals surface area (Å²) in [4.78, 5) is 0. The fourth-order valence-electron chi connectivity index (χ4n) is 2.61. The molecule has 1 N–H and O–H groups in total. The van der Waals surface area contributed by atoms with Crippen LogP contribution in [0.4, 0.5) is 13.2 Å². The summed E-state index contributed by atoms with van der Waals surface area (Å²) in [5.41, 5.74) is 0.589. The van der Waals surface area contributed by atoms with Gasteiger partial charge in [0.25, 0.3) is 10.2 Å². The molecule has 4 nitrogen and oxygen atoms in total. The molecule has 0 spiro atoms. The number of benzene rings is 2. The van der Waals surface area contributed by atoms with E-state index in [1.807, 2.05) is 30.3 Å². The third kappa shape index (κ3) is 3.61. The maximum Gasteiger partial charge on any atom is 0.416 e. The predicted octanol–water partition coefficient (Wildman–Crippen LogP) is 3.10. The van der Waals surface area contributed by atoms with Gasteiger partial charge in [0.05, 0.1) is 11.6 Å².